The normalized spacial score (nSPS) is 21.9. The zero-order valence-corrected chi connectivity index (χ0v) is 12.3. The predicted octanol–water partition coefficient (Wildman–Crippen LogP) is -0.498. The average Bonchev–Trinajstić information content (AvgIpc) is 2.26. The van der Waals surface area contributed by atoms with Crippen LogP contribution in [-0.2, 0) is 19.9 Å². The van der Waals surface area contributed by atoms with E-state index in [2.05, 4.69) is 4.72 Å². The molecule has 18 heavy (non-hydrogen) atoms. The van der Waals surface area contributed by atoms with E-state index in [0.717, 1.165) is 0 Å². The van der Waals surface area contributed by atoms with E-state index in [1.54, 1.807) is 13.8 Å². The molecule has 8 heteroatoms. The van der Waals surface area contributed by atoms with E-state index in [9.17, 15) is 16.8 Å². The van der Waals surface area contributed by atoms with Crippen LogP contribution in [-0.4, -0.2) is 51.8 Å². The monoisotopic (exact) mass is 299 g/mol. The molecule has 0 aromatic heterocycles. The highest BCUT2D eigenvalue weighted by Gasteiger charge is 2.33. The summed E-state index contributed by atoms with van der Waals surface area (Å²) in [6.45, 7) is 3.53. The molecule has 1 heterocycles. The van der Waals surface area contributed by atoms with Gasteiger partial charge < -0.3 is 5.11 Å². The minimum Gasteiger partial charge on any atom is -0.396 e. The molecule has 0 bridgehead atoms. The average molecular weight is 299 g/mol. The maximum atomic E-state index is 12.0. The number of aliphatic hydroxyl groups excluding tert-OH is 1. The van der Waals surface area contributed by atoms with E-state index < -0.39 is 30.5 Å². The van der Waals surface area contributed by atoms with Crippen LogP contribution >= 0.6 is 0 Å². The lowest BCUT2D eigenvalue weighted by Gasteiger charge is -2.26. The van der Waals surface area contributed by atoms with Gasteiger partial charge in [-0.2, -0.15) is 0 Å². The molecular formula is C10H21NO5S2. The highest BCUT2D eigenvalue weighted by Crippen LogP contribution is 2.20. The van der Waals surface area contributed by atoms with Crippen LogP contribution < -0.4 is 4.72 Å². The van der Waals surface area contributed by atoms with Crippen molar-refractivity contribution in [1.82, 2.24) is 4.72 Å². The summed E-state index contributed by atoms with van der Waals surface area (Å²) >= 11 is 0. The van der Waals surface area contributed by atoms with Crippen LogP contribution in [0.15, 0.2) is 0 Å². The first-order valence-corrected chi connectivity index (χ1v) is 9.24. The van der Waals surface area contributed by atoms with Crippen molar-refractivity contribution in [2.24, 2.45) is 5.41 Å². The summed E-state index contributed by atoms with van der Waals surface area (Å²) in [4.78, 5) is 0. The van der Waals surface area contributed by atoms with Gasteiger partial charge in [0.05, 0.1) is 16.8 Å². The first kappa shape index (κ1) is 15.9. The molecule has 1 aliphatic rings. The Bertz CT molecular complexity index is 466. The fourth-order valence-electron chi connectivity index (χ4n) is 1.65. The zero-order chi connectivity index (χ0) is 14.0. The van der Waals surface area contributed by atoms with Gasteiger partial charge in [-0.05, 0) is 12.8 Å². The number of sulfone groups is 1. The third-order valence-corrected chi connectivity index (χ3v) is 6.73. The Kier molecular flexibility index (Phi) is 4.80. The molecule has 1 fully saturated rings. The molecule has 0 aromatic rings. The fraction of sp³-hybridized carbons (Fsp3) is 1.00. The van der Waals surface area contributed by atoms with Gasteiger partial charge in [0.2, 0.25) is 10.0 Å². The summed E-state index contributed by atoms with van der Waals surface area (Å²) in [6.07, 6.45) is 0.300. The topological polar surface area (TPSA) is 101 Å². The van der Waals surface area contributed by atoms with Gasteiger partial charge in [0.1, 0.15) is 9.84 Å². The van der Waals surface area contributed by atoms with Crippen LogP contribution in [0.4, 0.5) is 0 Å². The van der Waals surface area contributed by atoms with Gasteiger partial charge in [-0.25, -0.2) is 21.6 Å². The van der Waals surface area contributed by atoms with Gasteiger partial charge in [0.15, 0.2) is 0 Å². The third-order valence-electron chi connectivity index (χ3n) is 3.12. The first-order valence-electron chi connectivity index (χ1n) is 5.88. The lowest BCUT2D eigenvalue weighted by atomic mass is 9.96. The molecular weight excluding hydrogens is 278 g/mol. The summed E-state index contributed by atoms with van der Waals surface area (Å²) in [7, 11) is -6.56. The van der Waals surface area contributed by atoms with E-state index in [0.29, 0.717) is 0 Å². The minimum absolute atomic E-state index is 0.0675. The van der Waals surface area contributed by atoms with Crippen molar-refractivity contribution < 1.29 is 21.9 Å². The van der Waals surface area contributed by atoms with Crippen LogP contribution in [0.3, 0.4) is 0 Å². The number of hydrogen-bond acceptors (Lipinski definition) is 5. The highest BCUT2D eigenvalue weighted by molar-refractivity contribution is 7.92. The van der Waals surface area contributed by atoms with E-state index in [-0.39, 0.29) is 37.5 Å². The van der Waals surface area contributed by atoms with Crippen molar-refractivity contribution in [3.63, 3.8) is 0 Å². The first-order chi connectivity index (χ1) is 8.08. The van der Waals surface area contributed by atoms with Crippen molar-refractivity contribution in [2.45, 2.75) is 31.9 Å². The SMILES string of the molecule is CC(C)(CO)CNS(=O)(=O)C1CCS(=O)(=O)CC1. The van der Waals surface area contributed by atoms with Gasteiger partial charge in [-0.1, -0.05) is 13.8 Å². The van der Waals surface area contributed by atoms with E-state index in [1.165, 1.54) is 0 Å². The number of sulfonamides is 1. The molecule has 0 aromatic carbocycles. The maximum Gasteiger partial charge on any atom is 0.214 e. The Morgan fingerprint density at radius 3 is 2.22 bits per heavy atom. The van der Waals surface area contributed by atoms with Crippen molar-refractivity contribution in [3.8, 4) is 0 Å². The van der Waals surface area contributed by atoms with E-state index >= 15 is 0 Å². The number of aliphatic hydroxyl groups is 1. The molecule has 1 rings (SSSR count). The lowest BCUT2D eigenvalue weighted by molar-refractivity contribution is 0.163. The second-order valence-electron chi connectivity index (χ2n) is 5.54. The van der Waals surface area contributed by atoms with E-state index in [4.69, 9.17) is 5.11 Å². The van der Waals surface area contributed by atoms with Gasteiger partial charge in [0, 0.05) is 18.6 Å². The number of hydrogen-bond donors (Lipinski definition) is 2. The molecule has 108 valence electrons. The Morgan fingerprint density at radius 2 is 1.78 bits per heavy atom. The molecule has 0 radical (unpaired) electrons. The summed E-state index contributed by atoms with van der Waals surface area (Å²) in [5.74, 6) is -0.135. The van der Waals surface area contributed by atoms with Crippen LogP contribution in [0, 0.1) is 5.41 Å². The van der Waals surface area contributed by atoms with Crippen LogP contribution in [0.5, 0.6) is 0 Å². The van der Waals surface area contributed by atoms with E-state index in [1.807, 2.05) is 0 Å². The summed E-state index contributed by atoms with van der Waals surface area (Å²) < 4.78 is 48.9. The Hall–Kier alpha value is -0.180. The van der Waals surface area contributed by atoms with Crippen molar-refractivity contribution >= 4 is 19.9 Å². The molecule has 1 aliphatic heterocycles. The molecule has 1 saturated heterocycles. The molecule has 6 nitrogen and oxygen atoms in total. The predicted molar refractivity (Wildman–Crippen MR) is 69.5 cm³/mol. The molecule has 0 unspecified atom stereocenters. The number of rotatable bonds is 5. The molecule has 0 saturated carbocycles. The Balaban J connectivity index is 2.61. The molecule has 0 amide bonds. The summed E-state index contributed by atoms with van der Waals surface area (Å²) in [5.41, 5.74) is -0.520. The Morgan fingerprint density at radius 1 is 1.28 bits per heavy atom. The summed E-state index contributed by atoms with van der Waals surface area (Å²) in [6, 6.07) is 0. The molecule has 2 N–H and O–H groups in total. The van der Waals surface area contributed by atoms with Crippen molar-refractivity contribution in [1.29, 1.82) is 0 Å². The van der Waals surface area contributed by atoms with Crippen molar-refractivity contribution in [2.75, 3.05) is 24.7 Å². The molecule has 0 spiro atoms. The van der Waals surface area contributed by atoms with Gasteiger partial charge in [-0.15, -0.1) is 0 Å². The maximum absolute atomic E-state index is 12.0. The largest absolute Gasteiger partial charge is 0.396 e. The smallest absolute Gasteiger partial charge is 0.214 e. The van der Waals surface area contributed by atoms with Gasteiger partial charge in [-0.3, -0.25) is 0 Å². The quantitative estimate of drug-likeness (QED) is 0.713. The van der Waals surface area contributed by atoms with Gasteiger partial charge >= 0.3 is 0 Å². The fourth-order valence-corrected chi connectivity index (χ4v) is 5.12. The highest BCUT2D eigenvalue weighted by atomic mass is 32.2. The molecule has 0 aliphatic carbocycles. The number of nitrogens with one attached hydrogen (secondary N) is 1. The standard InChI is InChI=1S/C10H21NO5S2/c1-10(2,8-12)7-11-18(15,16)9-3-5-17(13,14)6-4-9/h9,11-12H,3-8H2,1-2H3. The second kappa shape index (κ2) is 5.44. The van der Waals surface area contributed by atoms with Crippen molar-refractivity contribution in [3.05, 3.63) is 0 Å². The third kappa shape index (κ3) is 4.49. The lowest BCUT2D eigenvalue weighted by Crippen LogP contribution is -2.43. The van der Waals surface area contributed by atoms with Gasteiger partial charge in [0.25, 0.3) is 0 Å². The van der Waals surface area contributed by atoms with Crippen LogP contribution in [0.2, 0.25) is 0 Å². The second-order valence-corrected chi connectivity index (χ2v) is 9.89. The Labute approximate surface area is 109 Å². The minimum atomic E-state index is -3.50. The summed E-state index contributed by atoms with van der Waals surface area (Å²) in [5, 5.41) is 8.41. The van der Waals surface area contributed by atoms with Crippen LogP contribution in [0.25, 0.3) is 0 Å². The molecule has 0 atom stereocenters. The van der Waals surface area contributed by atoms with Crippen LogP contribution in [0.1, 0.15) is 26.7 Å². The zero-order valence-electron chi connectivity index (χ0n) is 10.7.